The molecule has 1 aromatic rings. The largest absolute Gasteiger partial charge is 0.393 e. The van der Waals surface area contributed by atoms with Crippen LogP contribution < -0.4 is 0 Å². The third kappa shape index (κ3) is 1.61. The average molecular weight is 180 g/mol. The van der Waals surface area contributed by atoms with E-state index in [-0.39, 0.29) is 6.10 Å². The minimum Gasteiger partial charge on any atom is -0.393 e. The van der Waals surface area contributed by atoms with Gasteiger partial charge in [-0.15, -0.1) is 0 Å². The van der Waals surface area contributed by atoms with Crippen LogP contribution in [0.1, 0.15) is 36.7 Å². The van der Waals surface area contributed by atoms with Crippen molar-refractivity contribution < 1.29 is 5.11 Å². The summed E-state index contributed by atoms with van der Waals surface area (Å²) in [4.78, 5) is 0. The van der Waals surface area contributed by atoms with E-state index in [1.54, 1.807) is 0 Å². The summed E-state index contributed by atoms with van der Waals surface area (Å²) in [7, 11) is 0. The molecule has 0 aliphatic heterocycles. The van der Waals surface area contributed by atoms with Gasteiger partial charge in [0.2, 0.25) is 0 Å². The molecule has 72 valence electrons. The van der Waals surface area contributed by atoms with Gasteiger partial charge < -0.3 is 5.11 Å². The van der Waals surface area contributed by atoms with E-state index in [0.717, 1.165) is 25.0 Å². The maximum atomic E-state index is 9.42. The highest BCUT2D eigenvalue weighted by Gasteiger charge is 2.25. The van der Waals surface area contributed by atoms with Gasteiger partial charge in [0.25, 0.3) is 0 Å². The summed E-state index contributed by atoms with van der Waals surface area (Å²) in [5.74, 6) is 0. The normalized spacial score (nSPS) is 28.2. The minimum atomic E-state index is -0.117. The number of aliphatic hydroxyl groups excluding tert-OH is 1. The van der Waals surface area contributed by atoms with Gasteiger partial charge in [-0.3, -0.25) is 4.68 Å². The van der Waals surface area contributed by atoms with E-state index in [1.165, 1.54) is 5.69 Å². The summed E-state index contributed by atoms with van der Waals surface area (Å²) in [6, 6.07) is 2.51. The number of rotatable bonds is 1. The van der Waals surface area contributed by atoms with Crippen LogP contribution in [0.2, 0.25) is 0 Å². The lowest BCUT2D eigenvalue weighted by atomic mass is 10.2. The van der Waals surface area contributed by atoms with Crippen LogP contribution in [0.5, 0.6) is 0 Å². The molecule has 0 aromatic carbocycles. The third-order valence-corrected chi connectivity index (χ3v) is 2.77. The lowest BCUT2D eigenvalue weighted by molar-refractivity contribution is 0.177. The van der Waals surface area contributed by atoms with Crippen molar-refractivity contribution in [3.63, 3.8) is 0 Å². The van der Waals surface area contributed by atoms with Crippen molar-refractivity contribution in [3.8, 4) is 0 Å². The number of aromatic nitrogens is 2. The Hall–Kier alpha value is -0.830. The van der Waals surface area contributed by atoms with E-state index in [0.29, 0.717) is 6.04 Å². The Morgan fingerprint density at radius 3 is 2.69 bits per heavy atom. The van der Waals surface area contributed by atoms with Gasteiger partial charge in [-0.05, 0) is 39.2 Å². The SMILES string of the molecule is Cc1cc(C)n(C2CCC(O)C2)n1. The molecule has 1 aliphatic rings. The van der Waals surface area contributed by atoms with Crippen LogP contribution in [0.4, 0.5) is 0 Å². The molecule has 0 radical (unpaired) electrons. The molecule has 1 saturated carbocycles. The van der Waals surface area contributed by atoms with Crippen LogP contribution in [-0.4, -0.2) is 21.0 Å². The van der Waals surface area contributed by atoms with Crippen LogP contribution in [0.25, 0.3) is 0 Å². The molecule has 0 bridgehead atoms. The highest BCUT2D eigenvalue weighted by Crippen LogP contribution is 2.30. The Kier molecular flexibility index (Phi) is 2.12. The zero-order valence-electron chi connectivity index (χ0n) is 8.20. The Morgan fingerprint density at radius 1 is 1.46 bits per heavy atom. The molecule has 1 fully saturated rings. The third-order valence-electron chi connectivity index (χ3n) is 2.77. The minimum absolute atomic E-state index is 0.117. The van der Waals surface area contributed by atoms with Gasteiger partial charge in [-0.2, -0.15) is 5.10 Å². The first-order chi connectivity index (χ1) is 6.16. The van der Waals surface area contributed by atoms with Crippen molar-refractivity contribution in [2.45, 2.75) is 45.3 Å². The van der Waals surface area contributed by atoms with E-state index in [2.05, 4.69) is 22.8 Å². The van der Waals surface area contributed by atoms with Gasteiger partial charge in [-0.1, -0.05) is 0 Å². The van der Waals surface area contributed by atoms with E-state index >= 15 is 0 Å². The summed E-state index contributed by atoms with van der Waals surface area (Å²) in [5, 5.41) is 13.8. The van der Waals surface area contributed by atoms with Crippen LogP contribution in [0, 0.1) is 13.8 Å². The van der Waals surface area contributed by atoms with E-state index in [4.69, 9.17) is 0 Å². The van der Waals surface area contributed by atoms with Crippen molar-refractivity contribution in [1.29, 1.82) is 0 Å². The molecule has 2 unspecified atom stereocenters. The van der Waals surface area contributed by atoms with Gasteiger partial charge >= 0.3 is 0 Å². The number of hydrogen-bond donors (Lipinski definition) is 1. The van der Waals surface area contributed by atoms with Gasteiger partial charge in [0, 0.05) is 5.69 Å². The maximum absolute atomic E-state index is 9.42. The van der Waals surface area contributed by atoms with Crippen molar-refractivity contribution in [3.05, 3.63) is 17.5 Å². The Morgan fingerprint density at radius 2 is 2.23 bits per heavy atom. The zero-order chi connectivity index (χ0) is 9.42. The lowest BCUT2D eigenvalue weighted by Crippen LogP contribution is -2.10. The Labute approximate surface area is 78.4 Å². The molecular formula is C10H16N2O. The average Bonchev–Trinajstić information content (AvgIpc) is 2.58. The first kappa shape index (κ1) is 8.75. The zero-order valence-corrected chi connectivity index (χ0v) is 8.20. The summed E-state index contributed by atoms with van der Waals surface area (Å²) in [5.41, 5.74) is 2.27. The summed E-state index contributed by atoms with van der Waals surface area (Å²) in [6.07, 6.45) is 2.72. The topological polar surface area (TPSA) is 38.0 Å². The molecular weight excluding hydrogens is 164 g/mol. The standard InChI is InChI=1S/C10H16N2O/c1-7-5-8(2)12(11-7)9-3-4-10(13)6-9/h5,9-10,13H,3-4,6H2,1-2H3. The van der Waals surface area contributed by atoms with Crippen molar-refractivity contribution in [2.75, 3.05) is 0 Å². The van der Waals surface area contributed by atoms with E-state index in [9.17, 15) is 5.11 Å². The van der Waals surface area contributed by atoms with Crippen LogP contribution in [0.3, 0.4) is 0 Å². The smallest absolute Gasteiger partial charge is 0.0596 e. The fourth-order valence-electron chi connectivity index (χ4n) is 2.17. The van der Waals surface area contributed by atoms with E-state index in [1.807, 2.05) is 6.92 Å². The molecule has 0 spiro atoms. The molecule has 3 heteroatoms. The molecule has 13 heavy (non-hydrogen) atoms. The van der Waals surface area contributed by atoms with E-state index < -0.39 is 0 Å². The first-order valence-corrected chi connectivity index (χ1v) is 4.87. The summed E-state index contributed by atoms with van der Waals surface area (Å²) < 4.78 is 2.06. The predicted octanol–water partition coefficient (Wildman–Crippen LogP) is 1.59. The van der Waals surface area contributed by atoms with Gasteiger partial charge in [-0.25, -0.2) is 0 Å². The van der Waals surface area contributed by atoms with Gasteiger partial charge in [0.1, 0.15) is 0 Å². The van der Waals surface area contributed by atoms with Crippen LogP contribution in [0.15, 0.2) is 6.07 Å². The quantitative estimate of drug-likeness (QED) is 0.712. The second kappa shape index (κ2) is 3.14. The molecule has 2 rings (SSSR count). The molecule has 3 nitrogen and oxygen atoms in total. The molecule has 1 aromatic heterocycles. The highest BCUT2D eigenvalue weighted by atomic mass is 16.3. The molecule has 2 atom stereocenters. The number of nitrogens with zero attached hydrogens (tertiary/aromatic N) is 2. The monoisotopic (exact) mass is 180 g/mol. The van der Waals surface area contributed by atoms with Crippen LogP contribution in [-0.2, 0) is 0 Å². The Bertz CT molecular complexity index is 306. The predicted molar refractivity (Wildman–Crippen MR) is 50.6 cm³/mol. The number of aryl methyl sites for hydroxylation is 2. The second-order valence-electron chi connectivity index (χ2n) is 3.99. The molecule has 1 aliphatic carbocycles. The molecule has 1 heterocycles. The summed E-state index contributed by atoms with van der Waals surface area (Å²) >= 11 is 0. The summed E-state index contributed by atoms with van der Waals surface area (Å²) in [6.45, 7) is 4.08. The van der Waals surface area contributed by atoms with Crippen molar-refractivity contribution in [2.24, 2.45) is 0 Å². The fourth-order valence-corrected chi connectivity index (χ4v) is 2.17. The van der Waals surface area contributed by atoms with Crippen molar-refractivity contribution in [1.82, 2.24) is 9.78 Å². The number of aliphatic hydroxyl groups is 1. The number of hydrogen-bond acceptors (Lipinski definition) is 2. The second-order valence-corrected chi connectivity index (χ2v) is 3.99. The van der Waals surface area contributed by atoms with Gasteiger partial charge in [0.15, 0.2) is 0 Å². The highest BCUT2D eigenvalue weighted by molar-refractivity contribution is 5.08. The van der Waals surface area contributed by atoms with Gasteiger partial charge in [0.05, 0.1) is 17.8 Å². The molecule has 0 saturated heterocycles. The Balaban J connectivity index is 2.20. The van der Waals surface area contributed by atoms with Crippen molar-refractivity contribution >= 4 is 0 Å². The lowest BCUT2D eigenvalue weighted by Gasteiger charge is -2.11. The molecule has 1 N–H and O–H groups in total. The maximum Gasteiger partial charge on any atom is 0.0596 e. The fraction of sp³-hybridized carbons (Fsp3) is 0.700. The molecule has 0 amide bonds. The first-order valence-electron chi connectivity index (χ1n) is 4.87. The van der Waals surface area contributed by atoms with Crippen LogP contribution >= 0.6 is 0 Å².